The van der Waals surface area contributed by atoms with Crippen LogP contribution in [-0.2, 0) is 15.7 Å². The molecule has 148 valence electrons. The summed E-state index contributed by atoms with van der Waals surface area (Å²) in [6.45, 7) is 4.81. The van der Waals surface area contributed by atoms with Crippen LogP contribution in [0.3, 0.4) is 0 Å². The largest absolute Gasteiger partial charge is 0.452 e. The summed E-state index contributed by atoms with van der Waals surface area (Å²) in [6, 6.07) is 0. The van der Waals surface area contributed by atoms with Gasteiger partial charge >= 0.3 is 6.18 Å². The molecule has 7 nitrogen and oxygen atoms in total. The highest BCUT2D eigenvalue weighted by Crippen LogP contribution is 2.41. The highest BCUT2D eigenvalue weighted by molar-refractivity contribution is 6.00. The Hall–Kier alpha value is -2.36. The normalized spacial score (nSPS) is 25.6. The molecule has 1 aromatic rings. The zero-order valence-corrected chi connectivity index (χ0v) is 15.1. The van der Waals surface area contributed by atoms with Crippen molar-refractivity contribution < 1.29 is 31.9 Å². The molecular weight excluding hydrogens is 367 g/mol. The van der Waals surface area contributed by atoms with Crippen molar-refractivity contribution in [1.82, 2.24) is 9.88 Å². The van der Waals surface area contributed by atoms with E-state index < -0.39 is 34.6 Å². The zero-order chi connectivity index (χ0) is 20.2. The Labute approximate surface area is 153 Å². The fraction of sp³-hybridized carbons (Fsp3) is 0.588. The predicted octanol–water partition coefficient (Wildman–Crippen LogP) is 2.05. The Morgan fingerprint density at radius 3 is 2.63 bits per heavy atom. The van der Waals surface area contributed by atoms with Gasteiger partial charge < -0.3 is 19.8 Å². The molecule has 1 spiro atoms. The summed E-state index contributed by atoms with van der Waals surface area (Å²) in [5.74, 6) is -2.79. The summed E-state index contributed by atoms with van der Waals surface area (Å²) in [4.78, 5) is 29.8. The molecule has 1 aliphatic carbocycles. The van der Waals surface area contributed by atoms with Crippen molar-refractivity contribution in [3.05, 3.63) is 29.1 Å². The number of amides is 1. The lowest BCUT2D eigenvalue weighted by Gasteiger charge is -2.46. The van der Waals surface area contributed by atoms with Gasteiger partial charge in [-0.15, -0.1) is 0 Å². The van der Waals surface area contributed by atoms with Crippen LogP contribution in [-0.4, -0.2) is 46.9 Å². The van der Waals surface area contributed by atoms with Crippen LogP contribution in [0, 0.1) is 12.3 Å². The summed E-state index contributed by atoms with van der Waals surface area (Å²) < 4.78 is 49.8. The second kappa shape index (κ2) is 6.08. The average Bonchev–Trinajstić information content (AvgIpc) is 2.94. The number of ether oxygens (including phenoxy) is 1. The van der Waals surface area contributed by atoms with Gasteiger partial charge in [-0.25, -0.2) is 4.98 Å². The van der Waals surface area contributed by atoms with Crippen molar-refractivity contribution in [2.45, 2.75) is 39.0 Å². The number of ketones is 1. The first kappa shape index (κ1) is 19.4. The minimum absolute atomic E-state index is 0.0220. The second-order valence-corrected chi connectivity index (χ2v) is 7.54. The van der Waals surface area contributed by atoms with Gasteiger partial charge in [0.25, 0.3) is 5.91 Å². The highest BCUT2D eigenvalue weighted by Gasteiger charge is 2.49. The maximum Gasteiger partial charge on any atom is 0.452 e. The minimum atomic E-state index is -4.83. The Morgan fingerprint density at radius 2 is 2.04 bits per heavy atom. The van der Waals surface area contributed by atoms with Crippen molar-refractivity contribution in [2.24, 2.45) is 11.1 Å². The van der Waals surface area contributed by atoms with Gasteiger partial charge in [0.1, 0.15) is 5.60 Å². The van der Waals surface area contributed by atoms with Gasteiger partial charge in [-0.2, -0.15) is 13.2 Å². The summed E-state index contributed by atoms with van der Waals surface area (Å²) in [5, 5.41) is 0. The molecule has 1 atom stereocenters. The number of hydrogen-bond acceptors (Lipinski definition) is 6. The third-order valence-corrected chi connectivity index (χ3v) is 4.73. The minimum Gasteiger partial charge on any atom is -0.436 e. The number of nitrogens with two attached hydrogens (primary N) is 1. The standard InChI is InChI=1S/C17H20F3N3O4/c1-9-22-11(13(27-9)17(18,19)20)14(25)23-4-5-26-16(8-23)6-10(21)12(24)15(2,3)7-16/h6H,4-5,7-8,21H2,1-3H3. The average molecular weight is 387 g/mol. The number of rotatable bonds is 1. The number of oxazole rings is 1. The SMILES string of the molecule is Cc1nc(C(=O)N2CCOC3(C=C(N)C(=O)C(C)(C)C3)C2)c(C(F)(F)F)o1. The molecule has 1 aliphatic heterocycles. The van der Waals surface area contributed by atoms with Crippen LogP contribution in [0.5, 0.6) is 0 Å². The Morgan fingerprint density at radius 1 is 1.37 bits per heavy atom. The number of aryl methyl sites for hydroxylation is 1. The topological polar surface area (TPSA) is 98.7 Å². The predicted molar refractivity (Wildman–Crippen MR) is 86.5 cm³/mol. The maximum atomic E-state index is 13.1. The molecule has 1 unspecified atom stereocenters. The summed E-state index contributed by atoms with van der Waals surface area (Å²) in [6.07, 6.45) is -3.12. The third kappa shape index (κ3) is 3.45. The zero-order valence-electron chi connectivity index (χ0n) is 15.1. The van der Waals surface area contributed by atoms with Crippen molar-refractivity contribution in [3.63, 3.8) is 0 Å². The number of halogens is 3. The third-order valence-electron chi connectivity index (χ3n) is 4.73. The fourth-order valence-corrected chi connectivity index (χ4v) is 3.71. The van der Waals surface area contributed by atoms with E-state index in [0.29, 0.717) is 0 Å². The lowest BCUT2D eigenvalue weighted by atomic mass is 9.71. The number of alkyl halides is 3. The molecule has 10 heteroatoms. The molecule has 1 fully saturated rings. The molecule has 1 aromatic heterocycles. The molecule has 3 rings (SSSR count). The molecule has 2 aliphatic rings. The lowest BCUT2D eigenvalue weighted by Crippen LogP contribution is -2.57. The molecule has 2 heterocycles. The molecule has 2 N–H and O–H groups in total. The van der Waals surface area contributed by atoms with Crippen LogP contribution in [0.25, 0.3) is 0 Å². The maximum absolute atomic E-state index is 13.1. The van der Waals surface area contributed by atoms with Gasteiger partial charge in [0.2, 0.25) is 5.76 Å². The summed E-state index contributed by atoms with van der Waals surface area (Å²) >= 11 is 0. The molecule has 27 heavy (non-hydrogen) atoms. The lowest BCUT2D eigenvalue weighted by molar-refractivity contribution is -0.154. The molecular formula is C17H20F3N3O4. The fourth-order valence-electron chi connectivity index (χ4n) is 3.71. The quantitative estimate of drug-likeness (QED) is 0.792. The van der Waals surface area contributed by atoms with E-state index in [9.17, 15) is 22.8 Å². The summed E-state index contributed by atoms with van der Waals surface area (Å²) in [5.41, 5.74) is 3.22. The van der Waals surface area contributed by atoms with Gasteiger partial charge in [-0.3, -0.25) is 9.59 Å². The Bertz CT molecular complexity index is 828. The van der Waals surface area contributed by atoms with E-state index >= 15 is 0 Å². The number of aromatic nitrogens is 1. The van der Waals surface area contributed by atoms with Gasteiger partial charge in [0.15, 0.2) is 17.4 Å². The van der Waals surface area contributed by atoms with Gasteiger partial charge in [-0.05, 0) is 12.5 Å². The van der Waals surface area contributed by atoms with E-state index in [0.717, 1.165) is 0 Å². The van der Waals surface area contributed by atoms with Crippen LogP contribution < -0.4 is 5.73 Å². The van der Waals surface area contributed by atoms with Gasteiger partial charge in [-0.1, -0.05) is 13.8 Å². The molecule has 0 aromatic carbocycles. The van der Waals surface area contributed by atoms with E-state index in [1.165, 1.54) is 17.9 Å². The Kier molecular flexibility index (Phi) is 4.37. The number of morpholine rings is 1. The van der Waals surface area contributed by atoms with Crippen LogP contribution in [0.1, 0.15) is 42.4 Å². The van der Waals surface area contributed by atoms with Crippen molar-refractivity contribution in [1.29, 1.82) is 0 Å². The second-order valence-electron chi connectivity index (χ2n) is 7.54. The molecule has 0 bridgehead atoms. The first-order valence-corrected chi connectivity index (χ1v) is 8.36. The molecule has 0 saturated carbocycles. The van der Waals surface area contributed by atoms with Crippen LogP contribution in [0.2, 0.25) is 0 Å². The van der Waals surface area contributed by atoms with Crippen LogP contribution in [0.15, 0.2) is 16.2 Å². The van der Waals surface area contributed by atoms with Gasteiger partial charge in [0.05, 0.1) is 18.8 Å². The number of hydrogen-bond donors (Lipinski definition) is 1. The van der Waals surface area contributed by atoms with Crippen LogP contribution in [0.4, 0.5) is 13.2 Å². The number of carbonyl (C=O) groups excluding carboxylic acids is 2. The number of nitrogens with zero attached hydrogens (tertiary/aromatic N) is 2. The van der Waals surface area contributed by atoms with Crippen LogP contribution >= 0.6 is 0 Å². The highest BCUT2D eigenvalue weighted by atomic mass is 19.4. The van der Waals surface area contributed by atoms with E-state index in [-0.39, 0.29) is 43.5 Å². The summed E-state index contributed by atoms with van der Waals surface area (Å²) in [7, 11) is 0. The first-order valence-electron chi connectivity index (χ1n) is 8.36. The van der Waals surface area contributed by atoms with Crippen molar-refractivity contribution >= 4 is 11.7 Å². The molecule has 1 saturated heterocycles. The smallest absolute Gasteiger partial charge is 0.436 e. The van der Waals surface area contributed by atoms with Crippen molar-refractivity contribution in [2.75, 3.05) is 19.7 Å². The monoisotopic (exact) mass is 387 g/mol. The number of carbonyl (C=O) groups is 2. The van der Waals surface area contributed by atoms with E-state index in [2.05, 4.69) is 9.40 Å². The Balaban J connectivity index is 1.92. The van der Waals surface area contributed by atoms with E-state index in [4.69, 9.17) is 10.5 Å². The number of Topliss-reactive ketones (excluding diaryl/α,β-unsaturated/α-hetero) is 1. The first-order chi connectivity index (χ1) is 12.3. The molecule has 0 radical (unpaired) electrons. The number of allylic oxidation sites excluding steroid dienone is 1. The van der Waals surface area contributed by atoms with E-state index in [1.54, 1.807) is 13.8 Å². The molecule has 1 amide bonds. The van der Waals surface area contributed by atoms with Gasteiger partial charge in [0, 0.05) is 18.9 Å². The van der Waals surface area contributed by atoms with E-state index in [1.807, 2.05) is 0 Å². The van der Waals surface area contributed by atoms with Crippen molar-refractivity contribution in [3.8, 4) is 0 Å².